The minimum Gasteiger partial charge on any atom is -0.444 e. The van der Waals surface area contributed by atoms with E-state index >= 15 is 0 Å². The van der Waals surface area contributed by atoms with E-state index in [9.17, 15) is 9.59 Å². The van der Waals surface area contributed by atoms with Crippen molar-refractivity contribution in [2.24, 2.45) is 11.8 Å². The molecule has 0 bridgehead atoms. The summed E-state index contributed by atoms with van der Waals surface area (Å²) in [7, 11) is 0. The van der Waals surface area contributed by atoms with Crippen molar-refractivity contribution in [3.8, 4) is 0 Å². The quantitative estimate of drug-likeness (QED) is 0.788. The smallest absolute Gasteiger partial charge is 0.410 e. The summed E-state index contributed by atoms with van der Waals surface area (Å²) in [5.41, 5.74) is -0.483. The Bertz CT molecular complexity index is 550. The standard InChI is InChI=1S/C15H21N3O4/c1-15(2,3)21-14(20)18-8-10-6-17(7-11(10)9-18)13(19)12-4-5-16-22-12/h4-5,10-11H,6-9H2,1-3H3. The summed E-state index contributed by atoms with van der Waals surface area (Å²) in [5, 5.41) is 3.56. The molecular weight excluding hydrogens is 286 g/mol. The zero-order chi connectivity index (χ0) is 15.9. The Hall–Kier alpha value is -2.05. The molecule has 0 spiro atoms. The molecule has 2 atom stereocenters. The number of fused-ring (bicyclic) bond motifs is 1. The number of likely N-dealkylation sites (tertiary alicyclic amines) is 2. The van der Waals surface area contributed by atoms with Crippen LogP contribution in [0.5, 0.6) is 0 Å². The second kappa shape index (κ2) is 5.30. The van der Waals surface area contributed by atoms with Gasteiger partial charge in [0.05, 0.1) is 6.20 Å². The molecule has 1 aromatic heterocycles. The highest BCUT2D eigenvalue weighted by molar-refractivity contribution is 5.91. The van der Waals surface area contributed by atoms with Gasteiger partial charge < -0.3 is 19.1 Å². The van der Waals surface area contributed by atoms with Crippen molar-refractivity contribution in [1.82, 2.24) is 15.0 Å². The summed E-state index contributed by atoms with van der Waals surface area (Å²) in [6, 6.07) is 1.57. The van der Waals surface area contributed by atoms with Gasteiger partial charge in [-0.25, -0.2) is 4.79 Å². The molecule has 22 heavy (non-hydrogen) atoms. The molecule has 3 heterocycles. The molecule has 2 saturated heterocycles. The van der Waals surface area contributed by atoms with Gasteiger partial charge in [-0.1, -0.05) is 5.16 Å². The molecule has 3 rings (SSSR count). The van der Waals surface area contributed by atoms with E-state index < -0.39 is 5.60 Å². The number of ether oxygens (including phenoxy) is 1. The van der Waals surface area contributed by atoms with Crippen LogP contribution in [0.2, 0.25) is 0 Å². The lowest BCUT2D eigenvalue weighted by Gasteiger charge is -2.25. The molecule has 0 aliphatic carbocycles. The molecule has 2 unspecified atom stereocenters. The summed E-state index contributed by atoms with van der Waals surface area (Å²) in [4.78, 5) is 27.9. The molecule has 2 aliphatic heterocycles. The summed E-state index contributed by atoms with van der Waals surface area (Å²) in [6.45, 7) is 8.14. The van der Waals surface area contributed by atoms with Gasteiger partial charge in [0.1, 0.15) is 5.60 Å². The van der Waals surface area contributed by atoms with Crippen LogP contribution in [0.4, 0.5) is 4.79 Å². The highest BCUT2D eigenvalue weighted by Gasteiger charge is 2.44. The number of carbonyl (C=O) groups excluding carboxylic acids is 2. The zero-order valence-electron chi connectivity index (χ0n) is 13.1. The second-order valence-corrected chi connectivity index (χ2v) is 6.99. The van der Waals surface area contributed by atoms with Gasteiger partial charge in [0.2, 0.25) is 5.76 Å². The first-order valence-corrected chi connectivity index (χ1v) is 7.51. The summed E-state index contributed by atoms with van der Waals surface area (Å²) >= 11 is 0. The molecule has 0 radical (unpaired) electrons. The van der Waals surface area contributed by atoms with Crippen molar-refractivity contribution < 1.29 is 18.8 Å². The van der Waals surface area contributed by atoms with E-state index in [0.717, 1.165) is 0 Å². The van der Waals surface area contributed by atoms with Gasteiger partial charge in [0.15, 0.2) is 0 Å². The van der Waals surface area contributed by atoms with Crippen LogP contribution in [0.1, 0.15) is 31.3 Å². The fourth-order valence-electron chi connectivity index (χ4n) is 3.12. The number of rotatable bonds is 1. The topological polar surface area (TPSA) is 75.9 Å². The van der Waals surface area contributed by atoms with Crippen LogP contribution < -0.4 is 0 Å². The minimum absolute atomic E-state index is 0.129. The maximum absolute atomic E-state index is 12.2. The molecular formula is C15H21N3O4. The lowest BCUT2D eigenvalue weighted by atomic mass is 10.0. The van der Waals surface area contributed by atoms with Crippen LogP contribution in [-0.2, 0) is 4.74 Å². The Labute approximate surface area is 129 Å². The molecule has 120 valence electrons. The Kier molecular flexibility index (Phi) is 3.58. The van der Waals surface area contributed by atoms with Crippen molar-refractivity contribution in [2.75, 3.05) is 26.2 Å². The Morgan fingerprint density at radius 1 is 1.18 bits per heavy atom. The van der Waals surface area contributed by atoms with E-state index in [-0.39, 0.29) is 17.8 Å². The number of hydrogen-bond acceptors (Lipinski definition) is 5. The number of aromatic nitrogens is 1. The Morgan fingerprint density at radius 2 is 1.77 bits per heavy atom. The normalized spacial score (nSPS) is 24.5. The van der Waals surface area contributed by atoms with E-state index in [1.54, 1.807) is 15.9 Å². The summed E-state index contributed by atoms with van der Waals surface area (Å²) < 4.78 is 10.3. The SMILES string of the molecule is CC(C)(C)OC(=O)N1CC2CN(C(=O)c3ccno3)CC2C1. The fraction of sp³-hybridized carbons (Fsp3) is 0.667. The maximum atomic E-state index is 12.2. The van der Waals surface area contributed by atoms with E-state index in [0.29, 0.717) is 38.0 Å². The van der Waals surface area contributed by atoms with Crippen molar-refractivity contribution in [3.05, 3.63) is 18.0 Å². The van der Waals surface area contributed by atoms with Crippen LogP contribution in [0, 0.1) is 11.8 Å². The summed E-state index contributed by atoms with van der Waals surface area (Å²) in [6.07, 6.45) is 1.20. The summed E-state index contributed by atoms with van der Waals surface area (Å²) in [5.74, 6) is 0.749. The number of carbonyl (C=O) groups is 2. The Balaban J connectivity index is 1.56. The molecule has 2 aliphatic rings. The highest BCUT2D eigenvalue weighted by atomic mass is 16.6. The van der Waals surface area contributed by atoms with Gasteiger partial charge in [-0.05, 0) is 20.8 Å². The van der Waals surface area contributed by atoms with Gasteiger partial charge in [-0.3, -0.25) is 4.79 Å². The lowest BCUT2D eigenvalue weighted by molar-refractivity contribution is 0.0275. The van der Waals surface area contributed by atoms with Crippen molar-refractivity contribution in [2.45, 2.75) is 26.4 Å². The molecule has 2 amide bonds. The van der Waals surface area contributed by atoms with E-state index in [1.807, 2.05) is 20.8 Å². The number of hydrogen-bond donors (Lipinski definition) is 0. The van der Waals surface area contributed by atoms with Gasteiger partial charge in [0, 0.05) is 44.1 Å². The van der Waals surface area contributed by atoms with E-state index in [1.165, 1.54) is 6.20 Å². The van der Waals surface area contributed by atoms with Crippen LogP contribution in [-0.4, -0.2) is 58.7 Å². The maximum Gasteiger partial charge on any atom is 0.410 e. The van der Waals surface area contributed by atoms with Gasteiger partial charge in [-0.15, -0.1) is 0 Å². The van der Waals surface area contributed by atoms with Crippen molar-refractivity contribution in [3.63, 3.8) is 0 Å². The monoisotopic (exact) mass is 307 g/mol. The fourth-order valence-corrected chi connectivity index (χ4v) is 3.12. The molecule has 0 aromatic carbocycles. The predicted octanol–water partition coefficient (Wildman–Crippen LogP) is 1.61. The molecule has 1 aromatic rings. The van der Waals surface area contributed by atoms with Gasteiger partial charge in [0.25, 0.3) is 5.91 Å². The third kappa shape index (κ3) is 2.93. The zero-order valence-corrected chi connectivity index (χ0v) is 13.1. The minimum atomic E-state index is -0.483. The third-order valence-electron chi connectivity index (χ3n) is 4.07. The lowest BCUT2D eigenvalue weighted by Crippen LogP contribution is -2.38. The first-order chi connectivity index (χ1) is 10.3. The highest BCUT2D eigenvalue weighted by Crippen LogP contribution is 2.32. The average molecular weight is 307 g/mol. The molecule has 0 saturated carbocycles. The molecule has 0 N–H and O–H groups in total. The predicted molar refractivity (Wildman–Crippen MR) is 77.2 cm³/mol. The first-order valence-electron chi connectivity index (χ1n) is 7.51. The average Bonchev–Trinajstić information content (AvgIpc) is 3.11. The van der Waals surface area contributed by atoms with E-state index in [4.69, 9.17) is 9.26 Å². The van der Waals surface area contributed by atoms with Crippen LogP contribution in [0.15, 0.2) is 16.8 Å². The molecule has 7 nitrogen and oxygen atoms in total. The van der Waals surface area contributed by atoms with Crippen molar-refractivity contribution in [1.29, 1.82) is 0 Å². The van der Waals surface area contributed by atoms with Crippen LogP contribution in [0.25, 0.3) is 0 Å². The molecule has 2 fully saturated rings. The third-order valence-corrected chi connectivity index (χ3v) is 4.07. The van der Waals surface area contributed by atoms with Crippen LogP contribution in [0.3, 0.4) is 0 Å². The van der Waals surface area contributed by atoms with Crippen molar-refractivity contribution >= 4 is 12.0 Å². The van der Waals surface area contributed by atoms with Gasteiger partial charge in [-0.2, -0.15) is 0 Å². The second-order valence-electron chi connectivity index (χ2n) is 6.99. The largest absolute Gasteiger partial charge is 0.444 e. The van der Waals surface area contributed by atoms with Gasteiger partial charge >= 0.3 is 6.09 Å². The first kappa shape index (κ1) is 14.9. The number of nitrogens with zero attached hydrogens (tertiary/aromatic N) is 3. The van der Waals surface area contributed by atoms with Crippen LogP contribution >= 0.6 is 0 Å². The Morgan fingerprint density at radius 3 is 2.27 bits per heavy atom. The number of amides is 2. The molecule has 7 heteroatoms. The van der Waals surface area contributed by atoms with E-state index in [2.05, 4.69) is 5.16 Å².